The molecule has 0 aromatic carbocycles. The number of alkyl halides is 3. The molecule has 0 spiro atoms. The summed E-state index contributed by atoms with van der Waals surface area (Å²) in [7, 11) is -6.09. The summed E-state index contributed by atoms with van der Waals surface area (Å²) in [6.45, 7) is -0.510. The first-order valence-corrected chi connectivity index (χ1v) is 14.6. The molecule has 5 N–H and O–H groups in total. The number of amides is 2. The number of hydrogen-bond donors (Lipinski definition) is 4. The Morgan fingerprint density at radius 2 is 1.88 bits per heavy atom. The van der Waals surface area contributed by atoms with Gasteiger partial charge in [0.05, 0.1) is 10.9 Å². The summed E-state index contributed by atoms with van der Waals surface area (Å²) in [5.74, 6) is -3.60. The number of halogens is 3. The number of fused-ring (bicyclic) bond motifs is 1. The molecule has 2 aliphatic heterocycles. The van der Waals surface area contributed by atoms with Crippen molar-refractivity contribution >= 4 is 67.8 Å². The number of allylic oxidation sites excluding steroid dienone is 1. The third kappa shape index (κ3) is 8.18. The number of carboxylic acids is 2. The van der Waals surface area contributed by atoms with Gasteiger partial charge in [-0.05, 0) is 0 Å². The second-order valence-corrected chi connectivity index (χ2v) is 11.6. The third-order valence-electron chi connectivity index (χ3n) is 5.35. The predicted molar refractivity (Wildman–Crippen MR) is 139 cm³/mol. The van der Waals surface area contributed by atoms with Crippen molar-refractivity contribution in [2.24, 2.45) is 5.16 Å². The summed E-state index contributed by atoms with van der Waals surface area (Å²) in [5.41, 5.74) is -0.465. The minimum atomic E-state index is -6.09. The zero-order valence-corrected chi connectivity index (χ0v) is 23.6. The van der Waals surface area contributed by atoms with Crippen LogP contribution in [-0.4, -0.2) is 92.5 Å². The van der Waals surface area contributed by atoms with E-state index in [4.69, 9.17) is 28.6 Å². The van der Waals surface area contributed by atoms with E-state index in [0.717, 1.165) is 11.3 Å². The van der Waals surface area contributed by atoms with Crippen LogP contribution in [0.15, 0.2) is 51.7 Å². The van der Waals surface area contributed by atoms with Crippen LogP contribution in [-0.2, 0) is 40.7 Å². The van der Waals surface area contributed by atoms with Crippen molar-refractivity contribution in [2.45, 2.75) is 24.1 Å². The Morgan fingerprint density at radius 1 is 1.26 bits per heavy atom. The first kappa shape index (κ1) is 33.2. The fraction of sp³-hybridized carbons (Fsp3) is 0.286. The molecule has 2 aromatic heterocycles. The maximum Gasteiger partial charge on any atom is 0.485 e. The minimum absolute atomic E-state index is 0.0466. The molecule has 0 bridgehead atoms. The molecule has 0 radical (unpaired) electrons. The van der Waals surface area contributed by atoms with Gasteiger partial charge in [-0.15, -0.1) is 23.1 Å². The van der Waals surface area contributed by atoms with Crippen LogP contribution in [0.2, 0.25) is 0 Å². The fourth-order valence-electron chi connectivity index (χ4n) is 3.55. The molecule has 4 heterocycles. The number of carbonyl (C=O) groups excluding carboxylic acids is 2. The highest BCUT2D eigenvalue weighted by Gasteiger charge is 2.54. The maximum atomic E-state index is 12.9. The van der Waals surface area contributed by atoms with Crippen LogP contribution in [0.1, 0.15) is 5.69 Å². The van der Waals surface area contributed by atoms with Crippen molar-refractivity contribution in [3.63, 3.8) is 0 Å². The number of aliphatic carboxylic acids is 2. The van der Waals surface area contributed by atoms with Gasteiger partial charge in [-0.2, -0.15) is 13.2 Å². The van der Waals surface area contributed by atoms with Gasteiger partial charge in [-0.25, -0.2) is 27.6 Å². The Kier molecular flexibility index (Phi) is 10.3. The van der Waals surface area contributed by atoms with E-state index in [1.807, 2.05) is 18.2 Å². The van der Waals surface area contributed by atoms with Gasteiger partial charge in [0.2, 0.25) is 6.61 Å². The number of aromatic nitrogens is 2. The number of oxime groups is 1. The van der Waals surface area contributed by atoms with E-state index in [1.165, 1.54) is 22.0 Å². The lowest BCUT2D eigenvalue weighted by Crippen LogP contribution is -2.73. The summed E-state index contributed by atoms with van der Waals surface area (Å²) in [6, 6.07) is 3.87. The highest BCUT2D eigenvalue weighted by atomic mass is 32.2. The Hall–Kier alpha value is -4.28. The number of nitrogens with one attached hydrogen (secondary N) is 1. The molecule has 0 aliphatic carbocycles. The number of thioether (sulfide) groups is 1. The van der Waals surface area contributed by atoms with Gasteiger partial charge in [0, 0.05) is 23.3 Å². The standard InChI is InChI=1S/C20H18N6O7S2.CHF3O3S/c21-20-22-10(8-35-20)14(24-33-7-13(27)28)17(29)23-15-11-9-34-12(6-25-4-2-1-3-5-25)16(19(31)32)26(11)18(15)30;2-1(3,4)8(5,6)7/h1-5,8,11,15H,6-7,9H2,(H4-,21,22,23,27,28,29,31,32);(H,5,6,7). The third-order valence-corrected chi connectivity index (χ3v) is 7.77. The average molecular weight is 669 g/mol. The minimum Gasteiger partial charge on any atom is -0.741 e. The Balaban J connectivity index is 0.000000557. The van der Waals surface area contributed by atoms with Crippen LogP contribution in [0.25, 0.3) is 0 Å². The molecule has 2 aliphatic rings. The van der Waals surface area contributed by atoms with Crippen molar-refractivity contribution in [3.8, 4) is 0 Å². The molecule has 22 heteroatoms. The molecular formula is C21H19F3N6O10S3. The molecule has 2 amide bonds. The summed E-state index contributed by atoms with van der Waals surface area (Å²) in [4.78, 5) is 58.9. The molecule has 2 aromatic rings. The highest BCUT2D eigenvalue weighted by molar-refractivity contribution is 8.03. The monoisotopic (exact) mass is 668 g/mol. The summed E-state index contributed by atoms with van der Waals surface area (Å²) < 4.78 is 60.7. The average Bonchev–Trinajstić information content (AvgIpc) is 3.34. The Morgan fingerprint density at radius 3 is 2.40 bits per heavy atom. The van der Waals surface area contributed by atoms with Crippen molar-refractivity contribution < 1.29 is 64.9 Å². The van der Waals surface area contributed by atoms with Crippen LogP contribution in [0.4, 0.5) is 18.3 Å². The zero-order chi connectivity index (χ0) is 32.1. The second-order valence-electron chi connectivity index (χ2n) is 8.24. The lowest BCUT2D eigenvalue weighted by molar-refractivity contribution is -0.687. The van der Waals surface area contributed by atoms with Crippen LogP contribution in [0.5, 0.6) is 0 Å². The molecule has 43 heavy (non-hydrogen) atoms. The second kappa shape index (κ2) is 13.4. The Labute approximate surface area is 247 Å². The number of rotatable bonds is 9. The number of anilines is 1. The molecule has 4 rings (SSSR count). The first-order chi connectivity index (χ1) is 20.0. The molecule has 2 unspecified atom stereocenters. The molecule has 0 saturated carbocycles. The molecule has 16 nitrogen and oxygen atoms in total. The van der Waals surface area contributed by atoms with Gasteiger partial charge in [-0.1, -0.05) is 11.2 Å². The van der Waals surface area contributed by atoms with Gasteiger partial charge in [0.25, 0.3) is 11.8 Å². The number of nitrogen functional groups attached to an aromatic ring is 1. The fourth-order valence-corrected chi connectivity index (χ4v) is 5.37. The number of β-lactam (4-membered cyclic amide) rings is 1. The van der Waals surface area contributed by atoms with Gasteiger partial charge < -0.3 is 30.7 Å². The quantitative estimate of drug-likeness (QED) is 0.0646. The summed E-state index contributed by atoms with van der Waals surface area (Å²) >= 11 is 2.33. The van der Waals surface area contributed by atoms with E-state index in [1.54, 1.807) is 17.0 Å². The van der Waals surface area contributed by atoms with Crippen molar-refractivity contribution in [3.05, 3.63) is 52.3 Å². The number of pyridine rings is 1. The van der Waals surface area contributed by atoms with Crippen molar-refractivity contribution in [2.75, 3.05) is 18.1 Å². The van der Waals surface area contributed by atoms with Gasteiger partial charge in [-0.3, -0.25) is 14.5 Å². The summed E-state index contributed by atoms with van der Waals surface area (Å²) in [6.07, 6.45) is 3.58. The van der Waals surface area contributed by atoms with Gasteiger partial charge in [0.15, 0.2) is 39.9 Å². The van der Waals surface area contributed by atoms with Crippen LogP contribution in [0, 0.1) is 0 Å². The van der Waals surface area contributed by atoms with Crippen molar-refractivity contribution in [1.82, 2.24) is 15.2 Å². The normalized spacial score (nSPS) is 18.6. The topological polar surface area (TPSA) is 246 Å². The van der Waals surface area contributed by atoms with E-state index in [9.17, 15) is 37.5 Å². The van der Waals surface area contributed by atoms with E-state index in [2.05, 4.69) is 15.5 Å². The SMILES string of the molecule is Nc1nc(C(=NOCC(=O)O)C(=O)NC2C(=O)N3C(C(=O)O)=C(C[n+]4ccccc4)SCC23)cs1.O=S(=O)([O-])C(F)(F)F. The molecule has 1 saturated heterocycles. The van der Waals surface area contributed by atoms with E-state index < -0.39 is 58.1 Å². The van der Waals surface area contributed by atoms with E-state index >= 15 is 0 Å². The highest BCUT2D eigenvalue weighted by Crippen LogP contribution is 2.39. The molecule has 232 valence electrons. The van der Waals surface area contributed by atoms with Gasteiger partial charge >= 0.3 is 17.4 Å². The molecular weight excluding hydrogens is 649 g/mol. The van der Waals surface area contributed by atoms with Crippen LogP contribution < -0.4 is 15.6 Å². The number of carbonyl (C=O) groups is 4. The molecule has 1 fully saturated rings. The number of hydrogen-bond acceptors (Lipinski definition) is 13. The van der Waals surface area contributed by atoms with E-state index in [-0.39, 0.29) is 28.8 Å². The number of carboxylic acid groups (broad SMARTS) is 2. The molecule has 2 atom stereocenters. The van der Waals surface area contributed by atoms with Gasteiger partial charge in [0.1, 0.15) is 17.4 Å². The largest absolute Gasteiger partial charge is 0.741 e. The van der Waals surface area contributed by atoms with E-state index in [0.29, 0.717) is 10.7 Å². The lowest BCUT2D eigenvalue weighted by Gasteiger charge is -2.49. The van der Waals surface area contributed by atoms with Crippen LogP contribution in [0.3, 0.4) is 0 Å². The van der Waals surface area contributed by atoms with Crippen molar-refractivity contribution in [1.29, 1.82) is 0 Å². The Bertz CT molecular complexity index is 1580. The van der Waals surface area contributed by atoms with Crippen LogP contribution >= 0.6 is 23.1 Å². The first-order valence-electron chi connectivity index (χ1n) is 11.3. The smallest absolute Gasteiger partial charge is 0.485 e. The summed E-state index contributed by atoms with van der Waals surface area (Å²) in [5, 5.41) is 26.2. The predicted octanol–water partition coefficient (Wildman–Crippen LogP) is -0.692. The lowest BCUT2D eigenvalue weighted by atomic mass is 9.94. The number of nitrogens with two attached hydrogens (primary N) is 1. The maximum absolute atomic E-state index is 12.9. The number of nitrogens with zero attached hydrogens (tertiary/aromatic N) is 4. The number of thiazole rings is 1. The zero-order valence-electron chi connectivity index (χ0n) is 21.1.